The number of aryl methyl sites for hydroxylation is 2. The van der Waals surface area contributed by atoms with E-state index in [9.17, 15) is 14.7 Å². The minimum absolute atomic E-state index is 0.0502. The van der Waals surface area contributed by atoms with Gasteiger partial charge in [-0.05, 0) is 97.1 Å². The van der Waals surface area contributed by atoms with Crippen LogP contribution in [0.15, 0.2) is 78.9 Å². The van der Waals surface area contributed by atoms with Crippen molar-refractivity contribution in [2.75, 3.05) is 13.2 Å². The molecule has 6 nitrogen and oxygen atoms in total. The predicted octanol–water partition coefficient (Wildman–Crippen LogP) is 8.17. The van der Waals surface area contributed by atoms with Crippen LogP contribution < -0.4 is 10.1 Å². The van der Waals surface area contributed by atoms with Gasteiger partial charge < -0.3 is 20.1 Å². The van der Waals surface area contributed by atoms with Crippen LogP contribution in [0.2, 0.25) is 0 Å². The first-order valence-corrected chi connectivity index (χ1v) is 15.8. The standard InChI is InChI=1S/C38H38N2O4/c1-23-14-16-27(37(41)39-22-28-20-24-15-17-26(28)19-24)21-33(23)32-11-5-10-30-31(36(38(42)43)40-35(30)32)12-6-18-44-34-13-4-8-25-7-2-3-9-29(25)34/h2-5,7-11,13-14,16,21,24,26,28,40H,6,12,15,17-20,22H2,1H3,(H,39,41)(H,42,43)/t24-,26-,28?/m0/s1. The highest BCUT2D eigenvalue weighted by Gasteiger charge is 2.39. The molecule has 0 aliphatic heterocycles. The van der Waals surface area contributed by atoms with Gasteiger partial charge in [0.15, 0.2) is 0 Å². The third-order valence-corrected chi connectivity index (χ3v) is 9.93. The van der Waals surface area contributed by atoms with E-state index < -0.39 is 5.97 Å². The monoisotopic (exact) mass is 586 g/mol. The van der Waals surface area contributed by atoms with Gasteiger partial charge in [0.05, 0.1) is 12.1 Å². The fourth-order valence-electron chi connectivity index (χ4n) is 7.70. The van der Waals surface area contributed by atoms with Crippen molar-refractivity contribution >= 4 is 33.6 Å². The molecule has 0 spiro atoms. The van der Waals surface area contributed by atoms with Crippen LogP contribution in [0.25, 0.3) is 32.8 Å². The van der Waals surface area contributed by atoms with Crippen molar-refractivity contribution in [1.82, 2.24) is 10.3 Å². The second kappa shape index (κ2) is 11.8. The molecular weight excluding hydrogens is 548 g/mol. The highest BCUT2D eigenvalue weighted by molar-refractivity contribution is 6.04. The molecule has 6 heteroatoms. The molecule has 44 heavy (non-hydrogen) atoms. The van der Waals surface area contributed by atoms with Crippen molar-refractivity contribution in [3.63, 3.8) is 0 Å². The minimum atomic E-state index is -0.984. The summed E-state index contributed by atoms with van der Waals surface area (Å²) in [5.74, 6) is 2.01. The molecule has 5 aromatic rings. The topological polar surface area (TPSA) is 91.4 Å². The third-order valence-electron chi connectivity index (χ3n) is 9.93. The molecule has 7 rings (SSSR count). The Morgan fingerprint density at radius 2 is 1.75 bits per heavy atom. The Morgan fingerprint density at radius 3 is 2.57 bits per heavy atom. The number of hydrogen-bond donors (Lipinski definition) is 3. The number of H-pyrrole nitrogens is 1. The van der Waals surface area contributed by atoms with E-state index in [-0.39, 0.29) is 11.6 Å². The molecule has 2 aliphatic carbocycles. The normalized spacial score (nSPS) is 19.1. The summed E-state index contributed by atoms with van der Waals surface area (Å²) in [5, 5.41) is 16.4. The first kappa shape index (κ1) is 28.2. The number of carbonyl (C=O) groups is 2. The van der Waals surface area contributed by atoms with Crippen molar-refractivity contribution in [3.8, 4) is 16.9 Å². The van der Waals surface area contributed by atoms with Crippen molar-refractivity contribution in [1.29, 1.82) is 0 Å². The maximum absolute atomic E-state index is 13.2. The smallest absolute Gasteiger partial charge is 0.352 e. The molecule has 3 atom stereocenters. The van der Waals surface area contributed by atoms with Crippen LogP contribution in [0.1, 0.15) is 64.1 Å². The van der Waals surface area contributed by atoms with Crippen LogP contribution in [0.3, 0.4) is 0 Å². The minimum Gasteiger partial charge on any atom is -0.493 e. The van der Waals surface area contributed by atoms with E-state index in [1.807, 2.05) is 73.7 Å². The highest BCUT2D eigenvalue weighted by Crippen LogP contribution is 2.48. The van der Waals surface area contributed by atoms with Gasteiger partial charge >= 0.3 is 5.97 Å². The molecule has 1 amide bonds. The van der Waals surface area contributed by atoms with Crippen molar-refractivity contribution in [3.05, 3.63) is 101 Å². The summed E-state index contributed by atoms with van der Waals surface area (Å²) in [6.45, 7) is 3.24. The SMILES string of the molecule is Cc1ccc(C(=O)NCC2C[C@H]3CC[C@H]2C3)cc1-c1cccc2c(CCCOc3cccc4ccccc34)c(C(=O)O)[nH]c12. The second-order valence-electron chi connectivity index (χ2n) is 12.6. The van der Waals surface area contributed by atoms with Crippen LogP contribution in [0, 0.1) is 24.7 Å². The van der Waals surface area contributed by atoms with Crippen LogP contribution in [0.4, 0.5) is 0 Å². The molecule has 0 radical (unpaired) electrons. The number of carbonyl (C=O) groups excluding carboxylic acids is 1. The van der Waals surface area contributed by atoms with Crippen LogP contribution in [-0.4, -0.2) is 35.1 Å². The second-order valence-corrected chi connectivity index (χ2v) is 12.6. The number of aromatic carboxylic acids is 1. The van der Waals surface area contributed by atoms with E-state index in [1.54, 1.807) is 0 Å². The van der Waals surface area contributed by atoms with Crippen LogP contribution >= 0.6 is 0 Å². The van der Waals surface area contributed by atoms with Crippen molar-refractivity contribution < 1.29 is 19.4 Å². The number of aromatic amines is 1. The van der Waals surface area contributed by atoms with Gasteiger partial charge in [0.1, 0.15) is 11.4 Å². The summed E-state index contributed by atoms with van der Waals surface area (Å²) < 4.78 is 6.15. The predicted molar refractivity (Wildman–Crippen MR) is 174 cm³/mol. The summed E-state index contributed by atoms with van der Waals surface area (Å²) >= 11 is 0. The maximum atomic E-state index is 13.2. The van der Waals surface area contributed by atoms with Crippen molar-refractivity contribution in [2.24, 2.45) is 17.8 Å². The van der Waals surface area contributed by atoms with Gasteiger partial charge in [0, 0.05) is 28.4 Å². The Balaban J connectivity index is 1.11. The molecule has 3 N–H and O–H groups in total. The average molecular weight is 587 g/mol. The van der Waals surface area contributed by atoms with Gasteiger partial charge in [-0.3, -0.25) is 4.79 Å². The van der Waals surface area contributed by atoms with Crippen molar-refractivity contribution in [2.45, 2.75) is 45.4 Å². The summed E-state index contributed by atoms with van der Waals surface area (Å²) in [4.78, 5) is 28.8. The molecule has 4 aromatic carbocycles. The zero-order chi connectivity index (χ0) is 30.2. The number of para-hydroxylation sites is 1. The van der Waals surface area contributed by atoms with Gasteiger partial charge in [-0.1, -0.05) is 67.1 Å². The van der Waals surface area contributed by atoms with Crippen LogP contribution in [-0.2, 0) is 6.42 Å². The summed E-state index contributed by atoms with van der Waals surface area (Å²) in [6.07, 6.45) is 6.44. The molecule has 2 saturated carbocycles. The molecule has 224 valence electrons. The molecule has 2 bridgehead atoms. The number of hydrogen-bond acceptors (Lipinski definition) is 3. The van der Waals surface area contributed by atoms with Gasteiger partial charge in [0.25, 0.3) is 5.91 Å². The van der Waals surface area contributed by atoms with E-state index in [2.05, 4.69) is 22.4 Å². The molecule has 1 unspecified atom stereocenters. The van der Waals surface area contributed by atoms with E-state index >= 15 is 0 Å². The lowest BCUT2D eigenvalue weighted by molar-refractivity contribution is 0.0690. The number of aromatic nitrogens is 1. The number of rotatable bonds is 10. The third kappa shape index (κ3) is 5.34. The molecule has 0 saturated heterocycles. The number of carboxylic acid groups (broad SMARTS) is 1. The molecule has 1 aromatic heterocycles. The molecule has 2 aliphatic rings. The Bertz CT molecular complexity index is 1870. The zero-order valence-corrected chi connectivity index (χ0v) is 25.1. The fraction of sp³-hybridized carbons (Fsp3) is 0.316. The van der Waals surface area contributed by atoms with E-state index in [4.69, 9.17) is 4.74 Å². The number of amides is 1. The van der Waals surface area contributed by atoms with Crippen LogP contribution in [0.5, 0.6) is 5.75 Å². The summed E-state index contributed by atoms with van der Waals surface area (Å²) in [6, 6.07) is 25.9. The lowest BCUT2D eigenvalue weighted by atomic mass is 9.89. The lowest BCUT2D eigenvalue weighted by Crippen LogP contribution is -2.31. The van der Waals surface area contributed by atoms with Gasteiger partial charge in [-0.25, -0.2) is 4.79 Å². The summed E-state index contributed by atoms with van der Waals surface area (Å²) in [5.41, 5.74) is 5.22. The molecular formula is C38H38N2O4. The largest absolute Gasteiger partial charge is 0.493 e. The maximum Gasteiger partial charge on any atom is 0.352 e. The van der Waals surface area contributed by atoms with E-state index in [0.717, 1.165) is 68.1 Å². The van der Waals surface area contributed by atoms with E-state index in [1.165, 1.54) is 25.7 Å². The highest BCUT2D eigenvalue weighted by atomic mass is 16.5. The molecule has 1 heterocycles. The van der Waals surface area contributed by atoms with Gasteiger partial charge in [0.2, 0.25) is 0 Å². The number of fused-ring (bicyclic) bond motifs is 4. The zero-order valence-electron chi connectivity index (χ0n) is 25.1. The Labute approximate surface area is 257 Å². The van der Waals surface area contributed by atoms with E-state index in [0.29, 0.717) is 30.9 Å². The fourth-order valence-corrected chi connectivity index (χ4v) is 7.70. The summed E-state index contributed by atoms with van der Waals surface area (Å²) in [7, 11) is 0. The average Bonchev–Trinajstić information content (AvgIpc) is 3.77. The lowest BCUT2D eigenvalue weighted by Gasteiger charge is -2.22. The first-order valence-electron chi connectivity index (χ1n) is 15.8. The van der Waals surface area contributed by atoms with Gasteiger partial charge in [-0.2, -0.15) is 0 Å². The number of ether oxygens (including phenoxy) is 1. The first-order chi connectivity index (χ1) is 21.5. The molecule has 2 fully saturated rings. The van der Waals surface area contributed by atoms with Gasteiger partial charge in [-0.15, -0.1) is 0 Å². The Morgan fingerprint density at radius 1 is 0.932 bits per heavy atom. The Kier molecular flexibility index (Phi) is 7.59. The Hall–Kier alpha value is -4.58. The quantitative estimate of drug-likeness (QED) is 0.144. The number of carboxylic acids is 1. The number of nitrogens with one attached hydrogen (secondary N) is 2. The number of benzene rings is 4.